The van der Waals surface area contributed by atoms with Gasteiger partial charge in [0.1, 0.15) is 0 Å². The highest BCUT2D eigenvalue weighted by molar-refractivity contribution is 5.34. The van der Waals surface area contributed by atoms with Crippen molar-refractivity contribution in [3.05, 3.63) is 108 Å². The average Bonchev–Trinajstić information content (AvgIpc) is 3.44. The molecule has 0 heterocycles. The lowest BCUT2D eigenvalue weighted by Gasteiger charge is -2.24. The second kappa shape index (κ2) is 6.62. The molecule has 4 rings (SSSR count). The van der Waals surface area contributed by atoms with Gasteiger partial charge in [-0.1, -0.05) is 91.0 Å². The lowest BCUT2D eigenvalue weighted by atomic mass is 9.84. The van der Waals surface area contributed by atoms with Crippen LogP contribution in [0.25, 0.3) is 0 Å². The second-order valence-corrected chi connectivity index (χ2v) is 6.71. The smallest absolute Gasteiger partial charge is 0.0861 e. The van der Waals surface area contributed by atoms with Crippen LogP contribution in [0, 0.1) is 5.92 Å². The Hall–Kier alpha value is -2.38. The SMILES string of the molecule is O[C@H](c1ccccc1)[C@@H](c1ccccc1)[C@H]1C[C@@H]1c1ccccc1. The van der Waals surface area contributed by atoms with Crippen molar-refractivity contribution in [2.45, 2.75) is 24.4 Å². The summed E-state index contributed by atoms with van der Waals surface area (Å²) < 4.78 is 0. The van der Waals surface area contributed by atoms with Gasteiger partial charge in [-0.2, -0.15) is 0 Å². The lowest BCUT2D eigenvalue weighted by molar-refractivity contribution is 0.133. The largest absolute Gasteiger partial charge is 0.388 e. The first-order chi connectivity index (χ1) is 11.8. The topological polar surface area (TPSA) is 20.2 Å². The molecule has 1 fully saturated rings. The minimum atomic E-state index is -0.465. The van der Waals surface area contributed by atoms with E-state index in [1.165, 1.54) is 11.1 Å². The molecule has 0 radical (unpaired) electrons. The molecule has 1 nitrogen and oxygen atoms in total. The van der Waals surface area contributed by atoms with Crippen molar-refractivity contribution in [1.82, 2.24) is 0 Å². The molecule has 4 atom stereocenters. The van der Waals surface area contributed by atoms with E-state index in [9.17, 15) is 5.11 Å². The van der Waals surface area contributed by atoms with Crippen LogP contribution in [-0.2, 0) is 0 Å². The van der Waals surface area contributed by atoms with Crippen LogP contribution in [0.15, 0.2) is 91.0 Å². The summed E-state index contributed by atoms with van der Waals surface area (Å²) in [6.07, 6.45) is 0.681. The molecule has 3 aromatic carbocycles. The Morgan fingerprint density at radius 1 is 0.667 bits per heavy atom. The van der Waals surface area contributed by atoms with E-state index in [4.69, 9.17) is 0 Å². The summed E-state index contributed by atoms with van der Waals surface area (Å²) in [6.45, 7) is 0. The van der Waals surface area contributed by atoms with Crippen molar-refractivity contribution in [2.75, 3.05) is 0 Å². The van der Waals surface area contributed by atoms with Crippen LogP contribution in [0.4, 0.5) is 0 Å². The minimum Gasteiger partial charge on any atom is -0.388 e. The van der Waals surface area contributed by atoms with Crippen LogP contribution in [0.5, 0.6) is 0 Å². The molecule has 120 valence electrons. The molecule has 1 aliphatic rings. The predicted octanol–water partition coefficient (Wildman–Crippen LogP) is 5.31. The fourth-order valence-electron chi connectivity index (χ4n) is 3.89. The molecule has 1 heteroatoms. The van der Waals surface area contributed by atoms with Crippen molar-refractivity contribution in [2.24, 2.45) is 5.92 Å². The third kappa shape index (κ3) is 3.00. The Kier molecular flexibility index (Phi) is 4.18. The monoisotopic (exact) mass is 314 g/mol. The van der Waals surface area contributed by atoms with E-state index < -0.39 is 6.10 Å². The molecule has 1 N–H and O–H groups in total. The van der Waals surface area contributed by atoms with Crippen molar-refractivity contribution in [3.8, 4) is 0 Å². The molecular weight excluding hydrogens is 292 g/mol. The van der Waals surface area contributed by atoms with Crippen LogP contribution in [0.2, 0.25) is 0 Å². The van der Waals surface area contributed by atoms with Crippen LogP contribution < -0.4 is 0 Å². The summed E-state index contributed by atoms with van der Waals surface area (Å²) in [5.74, 6) is 1.18. The number of hydrogen-bond acceptors (Lipinski definition) is 1. The van der Waals surface area contributed by atoms with E-state index >= 15 is 0 Å². The van der Waals surface area contributed by atoms with Crippen molar-refractivity contribution in [1.29, 1.82) is 0 Å². The van der Waals surface area contributed by atoms with Gasteiger partial charge in [-0.3, -0.25) is 0 Å². The summed E-state index contributed by atoms with van der Waals surface area (Å²) in [4.78, 5) is 0. The highest BCUT2D eigenvalue weighted by Crippen LogP contribution is 2.58. The molecule has 0 saturated heterocycles. The molecule has 3 aromatic rings. The maximum atomic E-state index is 11.1. The molecule has 1 saturated carbocycles. The van der Waals surface area contributed by atoms with E-state index in [0.717, 1.165) is 12.0 Å². The maximum Gasteiger partial charge on any atom is 0.0861 e. The van der Waals surface area contributed by atoms with Crippen LogP contribution >= 0.6 is 0 Å². The van der Waals surface area contributed by atoms with Gasteiger partial charge in [0.2, 0.25) is 0 Å². The van der Waals surface area contributed by atoms with Crippen LogP contribution in [-0.4, -0.2) is 5.11 Å². The first-order valence-corrected chi connectivity index (χ1v) is 8.67. The second-order valence-electron chi connectivity index (χ2n) is 6.71. The van der Waals surface area contributed by atoms with Crippen LogP contribution in [0.1, 0.15) is 41.1 Å². The first kappa shape index (κ1) is 15.2. The van der Waals surface area contributed by atoms with E-state index in [-0.39, 0.29) is 5.92 Å². The average molecular weight is 314 g/mol. The minimum absolute atomic E-state index is 0.138. The Morgan fingerprint density at radius 3 is 1.75 bits per heavy atom. The fourth-order valence-corrected chi connectivity index (χ4v) is 3.89. The lowest BCUT2D eigenvalue weighted by Crippen LogP contribution is -2.14. The van der Waals surface area contributed by atoms with Gasteiger partial charge >= 0.3 is 0 Å². The van der Waals surface area contributed by atoms with Gasteiger partial charge in [0, 0.05) is 5.92 Å². The quantitative estimate of drug-likeness (QED) is 0.677. The molecular formula is C23H22O. The molecule has 0 amide bonds. The highest BCUT2D eigenvalue weighted by Gasteiger charge is 2.47. The standard InChI is InChI=1S/C23H22O/c24-23(19-14-8-3-9-15-19)22(18-12-6-2-7-13-18)21-16-20(21)17-10-4-1-5-11-17/h1-15,20-24H,16H2/t20-,21+,22+,23-/m1/s1. The van der Waals surface area contributed by atoms with E-state index in [2.05, 4.69) is 54.6 Å². The molecule has 0 spiro atoms. The molecule has 1 aliphatic carbocycles. The fraction of sp³-hybridized carbons (Fsp3) is 0.217. The molecule has 0 bridgehead atoms. The molecule has 24 heavy (non-hydrogen) atoms. The zero-order chi connectivity index (χ0) is 16.4. The highest BCUT2D eigenvalue weighted by atomic mass is 16.3. The van der Waals surface area contributed by atoms with Gasteiger partial charge in [-0.25, -0.2) is 0 Å². The predicted molar refractivity (Wildman–Crippen MR) is 97.9 cm³/mol. The van der Waals surface area contributed by atoms with Crippen molar-refractivity contribution in [3.63, 3.8) is 0 Å². The zero-order valence-corrected chi connectivity index (χ0v) is 13.6. The normalized spacial score (nSPS) is 21.9. The van der Waals surface area contributed by atoms with Gasteiger partial charge in [0.25, 0.3) is 0 Å². The first-order valence-electron chi connectivity index (χ1n) is 8.67. The number of rotatable bonds is 5. The van der Waals surface area contributed by atoms with E-state index in [0.29, 0.717) is 11.8 Å². The van der Waals surface area contributed by atoms with Gasteiger partial charge in [-0.15, -0.1) is 0 Å². The summed E-state index contributed by atoms with van der Waals surface area (Å²) in [5.41, 5.74) is 3.63. The molecule has 0 unspecified atom stereocenters. The van der Waals surface area contributed by atoms with Gasteiger partial charge in [0.15, 0.2) is 0 Å². The Morgan fingerprint density at radius 2 is 1.17 bits per heavy atom. The zero-order valence-electron chi connectivity index (χ0n) is 13.6. The Labute approximate surface area is 143 Å². The van der Waals surface area contributed by atoms with Crippen molar-refractivity contribution < 1.29 is 5.11 Å². The van der Waals surface area contributed by atoms with Crippen molar-refractivity contribution >= 4 is 0 Å². The summed E-state index contributed by atoms with van der Waals surface area (Å²) in [6, 6.07) is 31.2. The maximum absolute atomic E-state index is 11.1. The van der Waals surface area contributed by atoms with Gasteiger partial charge in [-0.05, 0) is 34.9 Å². The molecule has 0 aliphatic heterocycles. The number of aliphatic hydroxyl groups excluding tert-OH is 1. The van der Waals surface area contributed by atoms with E-state index in [1.54, 1.807) is 0 Å². The Balaban J connectivity index is 1.65. The van der Waals surface area contributed by atoms with Crippen LogP contribution in [0.3, 0.4) is 0 Å². The third-order valence-electron chi connectivity index (χ3n) is 5.19. The number of hydrogen-bond donors (Lipinski definition) is 1. The number of aliphatic hydroxyl groups is 1. The molecule has 0 aromatic heterocycles. The summed E-state index contributed by atoms with van der Waals surface area (Å²) >= 11 is 0. The third-order valence-corrected chi connectivity index (χ3v) is 5.19. The van der Waals surface area contributed by atoms with Gasteiger partial charge in [0.05, 0.1) is 6.10 Å². The summed E-state index contributed by atoms with van der Waals surface area (Å²) in [5, 5.41) is 11.1. The van der Waals surface area contributed by atoms with E-state index in [1.807, 2.05) is 36.4 Å². The Bertz CT molecular complexity index is 767. The summed E-state index contributed by atoms with van der Waals surface area (Å²) in [7, 11) is 0. The number of benzene rings is 3. The van der Waals surface area contributed by atoms with Gasteiger partial charge < -0.3 is 5.11 Å².